The molecule has 48 heavy (non-hydrogen) atoms. The van der Waals surface area contributed by atoms with Crippen molar-refractivity contribution in [2.24, 2.45) is 5.92 Å². The lowest BCUT2D eigenvalue weighted by molar-refractivity contribution is 0.406. The van der Waals surface area contributed by atoms with E-state index in [9.17, 15) is 0 Å². The number of rotatable bonds is 5. The van der Waals surface area contributed by atoms with Crippen LogP contribution in [0.3, 0.4) is 0 Å². The maximum absolute atomic E-state index is 2.60. The molecular formula is C46H42N2. The molecule has 0 amide bonds. The van der Waals surface area contributed by atoms with Gasteiger partial charge in [0.15, 0.2) is 0 Å². The first kappa shape index (κ1) is 29.1. The molecule has 0 N–H and O–H groups in total. The van der Waals surface area contributed by atoms with E-state index in [1.807, 2.05) is 0 Å². The molecule has 2 atom stereocenters. The predicted molar refractivity (Wildman–Crippen MR) is 202 cm³/mol. The van der Waals surface area contributed by atoms with Crippen LogP contribution in [0.4, 0.5) is 11.4 Å². The highest BCUT2D eigenvalue weighted by molar-refractivity contribution is 5.89. The van der Waals surface area contributed by atoms with E-state index in [-0.39, 0.29) is 5.41 Å². The van der Waals surface area contributed by atoms with E-state index in [2.05, 4.69) is 170 Å². The van der Waals surface area contributed by atoms with Crippen molar-refractivity contribution in [1.82, 2.24) is 4.57 Å². The molecule has 0 saturated carbocycles. The minimum atomic E-state index is -0.00908. The number of hydrogen-bond donors (Lipinski definition) is 0. The van der Waals surface area contributed by atoms with Crippen LogP contribution in [0.2, 0.25) is 0 Å². The van der Waals surface area contributed by atoms with Crippen LogP contribution in [-0.4, -0.2) is 4.57 Å². The second kappa shape index (κ2) is 11.3. The molecule has 0 aliphatic heterocycles. The Hall–Kier alpha value is -5.08. The first-order valence-corrected chi connectivity index (χ1v) is 17.7. The fourth-order valence-electron chi connectivity index (χ4n) is 9.02. The molecule has 0 spiro atoms. The Morgan fingerprint density at radius 3 is 2.19 bits per heavy atom. The number of aryl methyl sites for hydroxylation is 1. The van der Waals surface area contributed by atoms with Crippen molar-refractivity contribution in [3.63, 3.8) is 0 Å². The fourth-order valence-corrected chi connectivity index (χ4v) is 9.02. The van der Waals surface area contributed by atoms with Crippen LogP contribution in [0.5, 0.6) is 0 Å². The summed E-state index contributed by atoms with van der Waals surface area (Å²) in [6.07, 6.45) is 9.50. The highest BCUT2D eigenvalue weighted by atomic mass is 15.1. The SMILES string of the molecule is C[C@H]1CCCc2c1n(-c1ccc3c(c1)C(C)(C)C1CC(N(c4ccccc4)c4ccc(-c5ccccc5)cc4)=CC=C31)c1ccccc21. The van der Waals surface area contributed by atoms with Gasteiger partial charge in [0.25, 0.3) is 0 Å². The Labute approximate surface area is 284 Å². The monoisotopic (exact) mass is 622 g/mol. The maximum atomic E-state index is 2.60. The second-order valence-electron chi connectivity index (χ2n) is 14.6. The molecule has 2 nitrogen and oxygen atoms in total. The first-order valence-electron chi connectivity index (χ1n) is 17.7. The van der Waals surface area contributed by atoms with E-state index >= 15 is 0 Å². The Balaban J connectivity index is 1.11. The zero-order chi connectivity index (χ0) is 32.4. The summed E-state index contributed by atoms with van der Waals surface area (Å²) in [5, 5.41) is 1.43. The molecule has 0 saturated heterocycles. The molecular weight excluding hydrogens is 581 g/mol. The van der Waals surface area contributed by atoms with Crippen molar-refractivity contribution in [3.05, 3.63) is 168 Å². The molecule has 6 aromatic rings. The lowest BCUT2D eigenvalue weighted by Gasteiger charge is -2.36. The van der Waals surface area contributed by atoms with Gasteiger partial charge in [-0.1, -0.05) is 112 Å². The van der Waals surface area contributed by atoms with Crippen molar-refractivity contribution in [1.29, 1.82) is 0 Å². The summed E-state index contributed by atoms with van der Waals surface area (Å²) in [6.45, 7) is 7.36. The third-order valence-corrected chi connectivity index (χ3v) is 11.5. The Bertz CT molecular complexity index is 2210. The standard InChI is InChI=1S/C46H42N2/c1-31-13-12-19-41-40-18-10-11-20-44(40)48(45(31)41)37-26-28-39-38-27-25-36(29-42(38)46(2,3)43(39)30-37)47(34-16-8-5-9-17-34)35-23-21-33(22-24-35)32-14-6-4-7-15-32/h4-11,14-18,20-28,30-31,42H,12-13,19,29H2,1-3H3/t31-,42?/m0/s1. The summed E-state index contributed by atoms with van der Waals surface area (Å²) in [4.78, 5) is 2.46. The van der Waals surface area contributed by atoms with Crippen molar-refractivity contribution < 1.29 is 0 Å². The third kappa shape index (κ3) is 4.53. The fraction of sp³-hybridized carbons (Fsp3) is 0.217. The smallest absolute Gasteiger partial charge is 0.0534 e. The number of allylic oxidation sites excluding steroid dienone is 4. The van der Waals surface area contributed by atoms with Gasteiger partial charge in [-0.05, 0) is 125 Å². The summed E-state index contributed by atoms with van der Waals surface area (Å²) in [7, 11) is 0. The van der Waals surface area contributed by atoms with Gasteiger partial charge in [0, 0.05) is 33.8 Å². The predicted octanol–water partition coefficient (Wildman–Crippen LogP) is 12.2. The van der Waals surface area contributed by atoms with Gasteiger partial charge in [-0.3, -0.25) is 0 Å². The number of nitrogens with zero attached hydrogens (tertiary/aromatic N) is 2. The Kier molecular flexibility index (Phi) is 6.83. The third-order valence-electron chi connectivity index (χ3n) is 11.5. The normalized spacial score (nSPS) is 19.2. The molecule has 9 rings (SSSR count). The van der Waals surface area contributed by atoms with Gasteiger partial charge in [0.2, 0.25) is 0 Å². The van der Waals surface area contributed by atoms with Gasteiger partial charge in [-0.15, -0.1) is 0 Å². The number of aromatic nitrogens is 1. The van der Waals surface area contributed by atoms with E-state index in [0.717, 1.165) is 6.42 Å². The minimum absolute atomic E-state index is 0.00908. The van der Waals surface area contributed by atoms with E-state index in [1.165, 1.54) is 86.4 Å². The second-order valence-corrected chi connectivity index (χ2v) is 14.6. The van der Waals surface area contributed by atoms with Crippen molar-refractivity contribution in [2.75, 3.05) is 4.90 Å². The molecule has 1 heterocycles. The van der Waals surface area contributed by atoms with Gasteiger partial charge in [0.05, 0.1) is 5.52 Å². The highest BCUT2D eigenvalue weighted by Gasteiger charge is 2.45. The van der Waals surface area contributed by atoms with E-state index in [4.69, 9.17) is 0 Å². The molecule has 1 unspecified atom stereocenters. The Morgan fingerprint density at radius 1 is 0.708 bits per heavy atom. The molecule has 5 aromatic carbocycles. The van der Waals surface area contributed by atoms with Crippen LogP contribution in [0.25, 0.3) is 33.3 Å². The quantitative estimate of drug-likeness (QED) is 0.186. The molecule has 3 aliphatic rings. The van der Waals surface area contributed by atoms with Gasteiger partial charge in [-0.2, -0.15) is 0 Å². The van der Waals surface area contributed by atoms with E-state index in [1.54, 1.807) is 5.56 Å². The number of fused-ring (bicyclic) bond motifs is 6. The molecule has 2 heteroatoms. The van der Waals surface area contributed by atoms with Crippen molar-refractivity contribution >= 4 is 27.9 Å². The highest BCUT2D eigenvalue weighted by Crippen LogP contribution is 2.55. The van der Waals surface area contributed by atoms with Gasteiger partial charge >= 0.3 is 0 Å². The van der Waals surface area contributed by atoms with Crippen LogP contribution >= 0.6 is 0 Å². The van der Waals surface area contributed by atoms with Gasteiger partial charge in [-0.25, -0.2) is 0 Å². The average molecular weight is 623 g/mol. The van der Waals surface area contributed by atoms with Crippen LogP contribution in [-0.2, 0) is 11.8 Å². The molecule has 1 aromatic heterocycles. The van der Waals surface area contributed by atoms with Gasteiger partial charge in [0.1, 0.15) is 0 Å². The zero-order valence-corrected chi connectivity index (χ0v) is 28.2. The summed E-state index contributed by atoms with van der Waals surface area (Å²) in [5.74, 6) is 0.956. The molecule has 236 valence electrons. The molecule has 0 fully saturated rings. The lowest BCUT2D eigenvalue weighted by atomic mass is 9.73. The van der Waals surface area contributed by atoms with Crippen LogP contribution in [0.1, 0.15) is 68.3 Å². The van der Waals surface area contributed by atoms with Crippen LogP contribution < -0.4 is 4.90 Å². The summed E-state index contributed by atoms with van der Waals surface area (Å²) in [5.41, 5.74) is 16.3. The van der Waals surface area contributed by atoms with Gasteiger partial charge < -0.3 is 9.47 Å². The van der Waals surface area contributed by atoms with E-state index in [0.29, 0.717) is 11.8 Å². The molecule has 0 bridgehead atoms. The largest absolute Gasteiger partial charge is 0.314 e. The summed E-state index contributed by atoms with van der Waals surface area (Å²) in [6, 6.07) is 47.0. The maximum Gasteiger partial charge on any atom is 0.0534 e. The molecule has 3 aliphatic carbocycles. The number of benzene rings is 5. The topological polar surface area (TPSA) is 8.17 Å². The summed E-state index contributed by atoms with van der Waals surface area (Å²) < 4.78 is 2.60. The average Bonchev–Trinajstić information content (AvgIpc) is 3.59. The van der Waals surface area contributed by atoms with Crippen molar-refractivity contribution in [2.45, 2.75) is 57.8 Å². The van der Waals surface area contributed by atoms with E-state index < -0.39 is 0 Å². The zero-order valence-electron chi connectivity index (χ0n) is 28.2. The molecule has 0 radical (unpaired) electrons. The first-order chi connectivity index (χ1) is 23.5. The van der Waals surface area contributed by atoms with Crippen molar-refractivity contribution in [3.8, 4) is 16.8 Å². The van der Waals surface area contributed by atoms with Crippen LogP contribution in [0.15, 0.2) is 145 Å². The summed E-state index contributed by atoms with van der Waals surface area (Å²) >= 11 is 0. The van der Waals surface area contributed by atoms with Crippen LogP contribution in [0, 0.1) is 5.92 Å². The minimum Gasteiger partial charge on any atom is -0.314 e. The number of para-hydroxylation sites is 2. The lowest BCUT2D eigenvalue weighted by Crippen LogP contribution is -2.29. The Morgan fingerprint density at radius 2 is 1.40 bits per heavy atom. The number of hydrogen-bond acceptors (Lipinski definition) is 1. The number of anilines is 2.